The number of hydrogen-bond donors (Lipinski definition) is 0. The Labute approximate surface area is 138 Å². The zero-order chi connectivity index (χ0) is 16.7. The van der Waals surface area contributed by atoms with Crippen LogP contribution in [0.1, 0.15) is 30.3 Å². The van der Waals surface area contributed by atoms with E-state index in [9.17, 15) is 4.79 Å². The van der Waals surface area contributed by atoms with Gasteiger partial charge in [-0.1, -0.05) is 0 Å². The second kappa shape index (κ2) is 5.70. The van der Waals surface area contributed by atoms with E-state index in [1.165, 1.54) is 0 Å². The average Bonchev–Trinajstić information content (AvgIpc) is 3.00. The predicted octanol–water partition coefficient (Wildman–Crippen LogP) is 0.910. The standard InChI is InChI=1S/C16H19N7O/c1-11-3-4-13-18-19-14(23(13)20-11)12-5-8-22(9-6-12)15-16(24)21(2)10-7-17-15/h3-4,7,10,12H,5-6,8-9H2,1-2H3. The highest BCUT2D eigenvalue weighted by Crippen LogP contribution is 2.27. The zero-order valence-corrected chi connectivity index (χ0v) is 13.8. The highest BCUT2D eigenvalue weighted by atomic mass is 16.1. The molecule has 1 aliphatic heterocycles. The molecule has 4 rings (SSSR count). The van der Waals surface area contributed by atoms with Crippen LogP contribution in [0.2, 0.25) is 0 Å². The molecule has 0 amide bonds. The van der Waals surface area contributed by atoms with Gasteiger partial charge in [0.15, 0.2) is 17.3 Å². The number of hydrogen-bond acceptors (Lipinski definition) is 6. The number of fused-ring (bicyclic) bond motifs is 1. The molecule has 3 aromatic heterocycles. The maximum atomic E-state index is 12.2. The van der Waals surface area contributed by atoms with Crippen LogP contribution in [0.3, 0.4) is 0 Å². The van der Waals surface area contributed by atoms with Gasteiger partial charge in [0.1, 0.15) is 0 Å². The van der Waals surface area contributed by atoms with Crippen LogP contribution in [-0.4, -0.2) is 42.5 Å². The average molecular weight is 325 g/mol. The van der Waals surface area contributed by atoms with E-state index >= 15 is 0 Å². The van der Waals surface area contributed by atoms with Crippen LogP contribution in [0.5, 0.6) is 0 Å². The highest BCUT2D eigenvalue weighted by Gasteiger charge is 2.26. The Balaban J connectivity index is 1.56. The minimum atomic E-state index is -0.0545. The van der Waals surface area contributed by atoms with E-state index in [0.29, 0.717) is 5.82 Å². The van der Waals surface area contributed by atoms with E-state index in [4.69, 9.17) is 0 Å². The molecule has 0 saturated carbocycles. The highest BCUT2D eigenvalue weighted by molar-refractivity contribution is 5.38. The molecule has 0 atom stereocenters. The summed E-state index contributed by atoms with van der Waals surface area (Å²) in [5.74, 6) is 1.72. The van der Waals surface area contributed by atoms with E-state index in [-0.39, 0.29) is 11.5 Å². The molecule has 1 fully saturated rings. The molecule has 1 aliphatic rings. The SMILES string of the molecule is Cc1ccc2nnc(C3CCN(c4nccn(C)c4=O)CC3)n2n1. The third-order valence-corrected chi connectivity index (χ3v) is 4.58. The minimum absolute atomic E-state index is 0.0545. The van der Waals surface area contributed by atoms with Crippen LogP contribution in [0.15, 0.2) is 29.3 Å². The van der Waals surface area contributed by atoms with E-state index in [0.717, 1.165) is 43.1 Å². The van der Waals surface area contributed by atoms with Crippen LogP contribution in [0, 0.1) is 6.92 Å². The lowest BCUT2D eigenvalue weighted by atomic mass is 9.96. The summed E-state index contributed by atoms with van der Waals surface area (Å²) in [5.41, 5.74) is 1.66. The van der Waals surface area contributed by atoms with E-state index in [2.05, 4.69) is 25.2 Å². The van der Waals surface area contributed by atoms with Gasteiger partial charge in [-0.15, -0.1) is 10.2 Å². The largest absolute Gasteiger partial charge is 0.352 e. The summed E-state index contributed by atoms with van der Waals surface area (Å²) in [5, 5.41) is 13.1. The fourth-order valence-corrected chi connectivity index (χ4v) is 3.20. The molecule has 124 valence electrons. The van der Waals surface area contributed by atoms with Gasteiger partial charge in [-0.25, -0.2) is 4.98 Å². The Kier molecular flexibility index (Phi) is 3.51. The molecule has 0 aliphatic carbocycles. The topological polar surface area (TPSA) is 81.2 Å². The molecule has 0 radical (unpaired) electrons. The van der Waals surface area contributed by atoms with Crippen LogP contribution in [0.4, 0.5) is 5.82 Å². The summed E-state index contributed by atoms with van der Waals surface area (Å²) in [6.07, 6.45) is 5.14. The Morgan fingerprint density at radius 2 is 1.96 bits per heavy atom. The van der Waals surface area contributed by atoms with Gasteiger partial charge in [-0.3, -0.25) is 4.79 Å². The quantitative estimate of drug-likeness (QED) is 0.697. The van der Waals surface area contributed by atoms with Crippen molar-refractivity contribution in [3.05, 3.63) is 46.4 Å². The first-order chi connectivity index (χ1) is 11.6. The van der Waals surface area contributed by atoms with Crippen molar-refractivity contribution in [1.29, 1.82) is 0 Å². The van der Waals surface area contributed by atoms with E-state index in [1.54, 1.807) is 24.0 Å². The van der Waals surface area contributed by atoms with E-state index < -0.39 is 0 Å². The first-order valence-electron chi connectivity index (χ1n) is 8.09. The summed E-state index contributed by atoms with van der Waals surface area (Å²) in [6, 6.07) is 3.87. The number of anilines is 1. The number of piperidine rings is 1. The molecule has 0 N–H and O–H groups in total. The summed E-state index contributed by atoms with van der Waals surface area (Å²) < 4.78 is 3.41. The van der Waals surface area contributed by atoms with Gasteiger partial charge in [0.25, 0.3) is 5.56 Å². The molecule has 0 aromatic carbocycles. The number of nitrogens with zero attached hydrogens (tertiary/aromatic N) is 7. The molecule has 24 heavy (non-hydrogen) atoms. The fraction of sp³-hybridized carbons (Fsp3) is 0.438. The molecule has 8 heteroatoms. The molecule has 4 heterocycles. The first-order valence-corrected chi connectivity index (χ1v) is 8.09. The number of aryl methyl sites for hydroxylation is 2. The minimum Gasteiger partial charge on any atom is -0.352 e. The molecule has 3 aromatic rings. The molecular formula is C16H19N7O. The third-order valence-electron chi connectivity index (χ3n) is 4.58. The maximum Gasteiger partial charge on any atom is 0.293 e. The molecule has 8 nitrogen and oxygen atoms in total. The van der Waals surface area contributed by atoms with Crippen molar-refractivity contribution < 1.29 is 0 Å². The maximum absolute atomic E-state index is 12.2. The number of aromatic nitrogens is 6. The van der Waals surface area contributed by atoms with Gasteiger partial charge in [0.05, 0.1) is 5.69 Å². The van der Waals surface area contributed by atoms with Gasteiger partial charge in [-0.05, 0) is 31.9 Å². The fourth-order valence-electron chi connectivity index (χ4n) is 3.20. The van der Waals surface area contributed by atoms with Crippen molar-refractivity contribution >= 4 is 11.5 Å². The molecular weight excluding hydrogens is 306 g/mol. The van der Waals surface area contributed by atoms with E-state index in [1.807, 2.05) is 23.6 Å². The lowest BCUT2D eigenvalue weighted by Gasteiger charge is -2.31. The second-order valence-electron chi connectivity index (χ2n) is 6.23. The molecule has 0 bridgehead atoms. The Bertz CT molecular complexity index is 937. The molecule has 0 unspecified atom stereocenters. The summed E-state index contributed by atoms with van der Waals surface area (Å²) >= 11 is 0. The summed E-state index contributed by atoms with van der Waals surface area (Å²) in [4.78, 5) is 18.5. The van der Waals surface area contributed by atoms with Crippen molar-refractivity contribution in [3.8, 4) is 0 Å². The molecule has 1 saturated heterocycles. The van der Waals surface area contributed by atoms with Crippen LogP contribution < -0.4 is 10.5 Å². The monoisotopic (exact) mass is 325 g/mol. The number of rotatable bonds is 2. The van der Waals surface area contributed by atoms with Crippen LogP contribution in [0.25, 0.3) is 5.65 Å². The van der Waals surface area contributed by atoms with Crippen LogP contribution >= 0.6 is 0 Å². The first kappa shape index (κ1) is 14.8. The van der Waals surface area contributed by atoms with Crippen molar-refractivity contribution in [2.45, 2.75) is 25.7 Å². The van der Waals surface area contributed by atoms with Crippen molar-refractivity contribution in [2.75, 3.05) is 18.0 Å². The third kappa shape index (κ3) is 2.44. The van der Waals surface area contributed by atoms with Crippen molar-refractivity contribution in [1.82, 2.24) is 29.4 Å². The van der Waals surface area contributed by atoms with Gasteiger partial charge in [0, 0.05) is 38.4 Å². The lowest BCUT2D eigenvalue weighted by Crippen LogP contribution is -2.38. The molecule has 0 spiro atoms. The van der Waals surface area contributed by atoms with Gasteiger partial charge < -0.3 is 9.47 Å². The Hall–Kier alpha value is -2.77. The second-order valence-corrected chi connectivity index (χ2v) is 6.23. The Morgan fingerprint density at radius 1 is 1.17 bits per heavy atom. The normalized spacial score (nSPS) is 16.0. The smallest absolute Gasteiger partial charge is 0.293 e. The summed E-state index contributed by atoms with van der Waals surface area (Å²) in [6.45, 7) is 3.51. The Morgan fingerprint density at radius 3 is 2.75 bits per heavy atom. The van der Waals surface area contributed by atoms with Crippen LogP contribution in [-0.2, 0) is 7.05 Å². The predicted molar refractivity (Wildman–Crippen MR) is 89.2 cm³/mol. The summed E-state index contributed by atoms with van der Waals surface area (Å²) in [7, 11) is 1.75. The van der Waals surface area contributed by atoms with Crippen molar-refractivity contribution in [3.63, 3.8) is 0 Å². The zero-order valence-electron chi connectivity index (χ0n) is 13.8. The van der Waals surface area contributed by atoms with Gasteiger partial charge >= 0.3 is 0 Å². The van der Waals surface area contributed by atoms with Gasteiger partial charge in [0.2, 0.25) is 0 Å². The lowest BCUT2D eigenvalue weighted by molar-refractivity contribution is 0.473. The van der Waals surface area contributed by atoms with Gasteiger partial charge in [-0.2, -0.15) is 9.61 Å². The van der Waals surface area contributed by atoms with Crippen molar-refractivity contribution in [2.24, 2.45) is 7.05 Å².